The van der Waals surface area contributed by atoms with E-state index < -0.39 is 0 Å². The molecule has 4 aliphatic rings. The molecule has 6 atom stereocenters. The van der Waals surface area contributed by atoms with Crippen molar-refractivity contribution in [1.29, 1.82) is 0 Å². The third-order valence-corrected chi connectivity index (χ3v) is 8.68. The number of carbonyl (C=O) groups excluding carboxylic acids is 2. The molecule has 7 heteroatoms. The van der Waals surface area contributed by atoms with Crippen molar-refractivity contribution in [1.82, 2.24) is 0 Å². The van der Waals surface area contributed by atoms with E-state index in [-0.39, 0.29) is 22.7 Å². The number of hydrogen-bond acceptors (Lipinski definition) is 5. The van der Waals surface area contributed by atoms with E-state index in [0.717, 1.165) is 37.8 Å². The number of hydrogen-bond donors (Lipinski definition) is 2. The van der Waals surface area contributed by atoms with Crippen LogP contribution in [0, 0.1) is 34.5 Å². The van der Waals surface area contributed by atoms with Crippen molar-refractivity contribution in [3.05, 3.63) is 0 Å². The van der Waals surface area contributed by atoms with Crippen molar-refractivity contribution >= 4 is 23.2 Å². The lowest BCUT2D eigenvalue weighted by Gasteiger charge is -2.58. The van der Waals surface area contributed by atoms with Crippen LogP contribution in [0.4, 0.5) is 0 Å². The fourth-order valence-corrected chi connectivity index (χ4v) is 7.06. The summed E-state index contributed by atoms with van der Waals surface area (Å²) in [6.07, 6.45) is 6.91. The van der Waals surface area contributed by atoms with Gasteiger partial charge in [-0.25, -0.2) is 4.99 Å². The molecular weight excluding hydrogens is 368 g/mol. The molecule has 29 heavy (non-hydrogen) atoms. The zero-order valence-electron chi connectivity index (χ0n) is 17.7. The Morgan fingerprint density at radius 1 is 1.10 bits per heavy atom. The lowest BCUT2D eigenvalue weighted by atomic mass is 9.45. The van der Waals surface area contributed by atoms with Crippen LogP contribution < -0.4 is 11.5 Å². The maximum absolute atomic E-state index is 13.2. The molecule has 0 aliphatic heterocycles. The number of oxime groups is 1. The molecule has 4 rings (SSSR count). The highest BCUT2D eigenvalue weighted by molar-refractivity contribution is 5.93. The number of ketones is 2. The van der Waals surface area contributed by atoms with Gasteiger partial charge in [0.05, 0.1) is 12.3 Å². The Kier molecular flexibility index (Phi) is 5.20. The molecule has 0 heterocycles. The smallest absolute Gasteiger partial charge is 0.186 e. The molecule has 4 N–H and O–H groups in total. The first-order valence-corrected chi connectivity index (χ1v) is 11.0. The average molecular weight is 403 g/mol. The molecule has 0 bridgehead atoms. The first-order valence-electron chi connectivity index (χ1n) is 11.0. The highest BCUT2D eigenvalue weighted by atomic mass is 16.6. The minimum atomic E-state index is -0.185. The summed E-state index contributed by atoms with van der Waals surface area (Å²) in [7, 11) is 0. The third-order valence-electron chi connectivity index (χ3n) is 8.68. The molecule has 4 aliphatic carbocycles. The Bertz CT molecular complexity index is 759. The van der Waals surface area contributed by atoms with Gasteiger partial charge in [-0.15, -0.1) is 0 Å². The Morgan fingerprint density at radius 3 is 2.66 bits per heavy atom. The van der Waals surface area contributed by atoms with Crippen LogP contribution in [0.15, 0.2) is 10.1 Å². The lowest BCUT2D eigenvalue weighted by molar-refractivity contribution is -0.152. The van der Waals surface area contributed by atoms with Gasteiger partial charge in [0.2, 0.25) is 0 Å². The van der Waals surface area contributed by atoms with Gasteiger partial charge in [-0.3, -0.25) is 9.59 Å². The standard InChI is InChI=1S/C22H34N4O3/c1-21-7-5-13(26-29-10-9-25-20(23)24)11-17(21)18(27)12-14-15-3-4-19(28)22(15,2)8-6-16(14)21/h14-17H,3-12H2,1-2H3,(H4,23,24,25)/b26-13-/t14-,15-,16-,17+,21+,22-/m0/s1. The molecule has 4 fully saturated rings. The molecule has 0 saturated heterocycles. The van der Waals surface area contributed by atoms with Gasteiger partial charge in [0.25, 0.3) is 0 Å². The van der Waals surface area contributed by atoms with Crippen LogP contribution in [0.3, 0.4) is 0 Å². The number of carbonyl (C=O) groups is 2. The molecule has 0 spiro atoms. The van der Waals surface area contributed by atoms with E-state index in [1.54, 1.807) is 0 Å². The van der Waals surface area contributed by atoms with E-state index in [1.165, 1.54) is 0 Å². The van der Waals surface area contributed by atoms with Crippen molar-refractivity contribution in [2.24, 2.45) is 56.1 Å². The van der Waals surface area contributed by atoms with Gasteiger partial charge in [-0.2, -0.15) is 0 Å². The van der Waals surface area contributed by atoms with Crippen molar-refractivity contribution in [3.8, 4) is 0 Å². The molecule has 4 saturated carbocycles. The Balaban J connectivity index is 1.46. The Morgan fingerprint density at radius 2 is 1.90 bits per heavy atom. The van der Waals surface area contributed by atoms with Gasteiger partial charge in [0, 0.05) is 24.2 Å². The number of nitrogens with two attached hydrogens (primary N) is 2. The minimum Gasteiger partial charge on any atom is -0.394 e. The number of Topliss-reactive ketones (excluding diaryl/α,β-unsaturated/α-hetero) is 2. The molecule has 0 aromatic carbocycles. The van der Waals surface area contributed by atoms with E-state index in [9.17, 15) is 9.59 Å². The third kappa shape index (κ3) is 3.36. The zero-order chi connectivity index (χ0) is 20.8. The Hall–Kier alpha value is -1.92. The summed E-state index contributed by atoms with van der Waals surface area (Å²) in [5.41, 5.74) is 11.4. The van der Waals surface area contributed by atoms with Crippen molar-refractivity contribution in [3.63, 3.8) is 0 Å². The van der Waals surface area contributed by atoms with Gasteiger partial charge in [0.1, 0.15) is 18.2 Å². The normalized spacial score (nSPS) is 42.8. The van der Waals surface area contributed by atoms with Gasteiger partial charge >= 0.3 is 0 Å². The number of aliphatic imine (C=N–C) groups is 1. The van der Waals surface area contributed by atoms with E-state index in [2.05, 4.69) is 24.0 Å². The van der Waals surface area contributed by atoms with Crippen LogP contribution in [-0.4, -0.2) is 36.4 Å². The first-order chi connectivity index (χ1) is 13.8. The summed E-state index contributed by atoms with van der Waals surface area (Å²) in [4.78, 5) is 35.0. The molecule has 0 amide bonds. The summed E-state index contributed by atoms with van der Waals surface area (Å²) in [5.74, 6) is 2.18. The summed E-state index contributed by atoms with van der Waals surface area (Å²) in [6, 6.07) is 0. The lowest BCUT2D eigenvalue weighted by Crippen LogP contribution is -2.56. The van der Waals surface area contributed by atoms with Crippen LogP contribution in [-0.2, 0) is 14.4 Å². The first kappa shape index (κ1) is 20.4. The highest BCUT2D eigenvalue weighted by Gasteiger charge is 2.62. The van der Waals surface area contributed by atoms with Gasteiger partial charge in [-0.05, 0) is 61.7 Å². The predicted octanol–water partition coefficient (Wildman–Crippen LogP) is 2.42. The van der Waals surface area contributed by atoms with Crippen molar-refractivity contribution < 1.29 is 14.4 Å². The molecule has 0 unspecified atom stereocenters. The van der Waals surface area contributed by atoms with Crippen LogP contribution >= 0.6 is 0 Å². The molecular formula is C22H34N4O3. The molecule has 7 nitrogen and oxygen atoms in total. The number of guanidine groups is 1. The van der Waals surface area contributed by atoms with Gasteiger partial charge in [0.15, 0.2) is 5.96 Å². The fourth-order valence-electron chi connectivity index (χ4n) is 7.06. The van der Waals surface area contributed by atoms with E-state index in [4.69, 9.17) is 16.3 Å². The largest absolute Gasteiger partial charge is 0.394 e. The van der Waals surface area contributed by atoms with Crippen LogP contribution in [0.2, 0.25) is 0 Å². The minimum absolute atomic E-state index is 0.0181. The number of nitrogens with zero attached hydrogens (tertiary/aromatic N) is 2. The topological polar surface area (TPSA) is 120 Å². The van der Waals surface area contributed by atoms with Crippen molar-refractivity contribution in [2.75, 3.05) is 13.2 Å². The second-order valence-electron chi connectivity index (χ2n) is 10.0. The fraction of sp³-hybridized carbons (Fsp3) is 0.818. The molecule has 160 valence electrons. The van der Waals surface area contributed by atoms with Crippen molar-refractivity contribution in [2.45, 2.75) is 65.2 Å². The predicted molar refractivity (Wildman–Crippen MR) is 111 cm³/mol. The van der Waals surface area contributed by atoms with Gasteiger partial charge < -0.3 is 16.3 Å². The number of fused-ring (bicyclic) bond motifs is 5. The Labute approximate surface area is 172 Å². The average Bonchev–Trinajstić information content (AvgIpc) is 2.97. The van der Waals surface area contributed by atoms with Gasteiger partial charge in [-0.1, -0.05) is 19.0 Å². The summed E-state index contributed by atoms with van der Waals surface area (Å²) >= 11 is 0. The van der Waals surface area contributed by atoms with E-state index in [0.29, 0.717) is 61.7 Å². The zero-order valence-corrected chi connectivity index (χ0v) is 17.7. The SMILES string of the molecule is C[C@]12CC/C(=N/OCCN=C(N)N)C[C@@H]1C(=O)C[C@@H]1[C@@H]2CC[C@]2(C)C(=O)CC[C@@H]12. The van der Waals surface area contributed by atoms with Crippen LogP contribution in [0.25, 0.3) is 0 Å². The molecule has 0 radical (unpaired) electrons. The van der Waals surface area contributed by atoms with E-state index >= 15 is 0 Å². The van der Waals surface area contributed by atoms with Crippen LogP contribution in [0.5, 0.6) is 0 Å². The maximum Gasteiger partial charge on any atom is 0.186 e. The van der Waals surface area contributed by atoms with Crippen LogP contribution in [0.1, 0.15) is 65.2 Å². The molecule has 0 aromatic heterocycles. The highest BCUT2D eigenvalue weighted by Crippen LogP contribution is 2.64. The second-order valence-corrected chi connectivity index (χ2v) is 10.0. The summed E-state index contributed by atoms with van der Waals surface area (Å²) < 4.78 is 0. The van der Waals surface area contributed by atoms with E-state index in [1.807, 2.05) is 0 Å². The monoisotopic (exact) mass is 402 g/mol. The maximum atomic E-state index is 13.2. The number of rotatable bonds is 4. The summed E-state index contributed by atoms with van der Waals surface area (Å²) in [6.45, 7) is 5.19. The summed E-state index contributed by atoms with van der Waals surface area (Å²) in [5, 5.41) is 4.28. The quantitative estimate of drug-likeness (QED) is 0.324. The molecule has 0 aromatic rings. The second kappa shape index (κ2) is 7.40.